The van der Waals surface area contributed by atoms with Crippen molar-refractivity contribution >= 4 is 5.97 Å². The number of aromatic nitrogens is 1. The smallest absolute Gasteiger partial charge is 0.384 e. The second-order valence-corrected chi connectivity index (χ2v) is 2.66. The highest BCUT2D eigenvalue weighted by Crippen LogP contribution is 2.01. The Morgan fingerprint density at radius 3 is 3.07 bits per heavy atom. The van der Waals surface area contributed by atoms with Crippen molar-refractivity contribution in [2.45, 2.75) is 13.8 Å². The fourth-order valence-corrected chi connectivity index (χ4v) is 0.880. The molecule has 0 amide bonds. The van der Waals surface area contributed by atoms with Gasteiger partial charge in [0.1, 0.15) is 0 Å². The third-order valence-corrected chi connectivity index (χ3v) is 1.61. The first kappa shape index (κ1) is 10.3. The van der Waals surface area contributed by atoms with Crippen LogP contribution in [-0.4, -0.2) is 17.6 Å². The van der Waals surface area contributed by atoms with Crippen molar-refractivity contribution in [3.05, 3.63) is 29.6 Å². The summed E-state index contributed by atoms with van der Waals surface area (Å²) in [5.41, 5.74) is 1.75. The number of hydrogen-bond donors (Lipinski definition) is 0. The molecule has 0 aliphatic heterocycles. The molecule has 0 fully saturated rings. The summed E-state index contributed by atoms with van der Waals surface area (Å²) in [7, 11) is 0. The van der Waals surface area contributed by atoms with Crippen molar-refractivity contribution in [1.29, 1.82) is 0 Å². The molecular weight excluding hydrogens is 178 g/mol. The van der Waals surface area contributed by atoms with Crippen molar-refractivity contribution in [3.8, 4) is 11.8 Å². The van der Waals surface area contributed by atoms with Gasteiger partial charge in [0.15, 0.2) is 0 Å². The van der Waals surface area contributed by atoms with Gasteiger partial charge in [-0.2, -0.15) is 0 Å². The molecule has 0 aliphatic carbocycles. The fourth-order valence-electron chi connectivity index (χ4n) is 0.880. The minimum absolute atomic E-state index is 0.347. The van der Waals surface area contributed by atoms with Crippen molar-refractivity contribution < 1.29 is 9.53 Å². The molecule has 0 aliphatic rings. The molecule has 0 spiro atoms. The van der Waals surface area contributed by atoms with Crippen molar-refractivity contribution in [3.63, 3.8) is 0 Å². The van der Waals surface area contributed by atoms with E-state index < -0.39 is 5.97 Å². The largest absolute Gasteiger partial charge is 0.456 e. The maximum Gasteiger partial charge on any atom is 0.384 e. The molecule has 72 valence electrons. The molecule has 3 heteroatoms. The number of rotatable bonds is 1. The summed E-state index contributed by atoms with van der Waals surface area (Å²) in [6.07, 6.45) is 3.31. The quantitative estimate of drug-likeness (QED) is 0.494. The van der Waals surface area contributed by atoms with Crippen LogP contribution >= 0.6 is 0 Å². The zero-order valence-corrected chi connectivity index (χ0v) is 8.20. The van der Waals surface area contributed by atoms with Crippen LogP contribution in [0.4, 0.5) is 0 Å². The average molecular weight is 189 g/mol. The van der Waals surface area contributed by atoms with Crippen LogP contribution in [0.1, 0.15) is 18.1 Å². The Kier molecular flexibility index (Phi) is 3.69. The van der Waals surface area contributed by atoms with Crippen LogP contribution in [0.25, 0.3) is 0 Å². The molecule has 14 heavy (non-hydrogen) atoms. The Balaban J connectivity index is 2.77. The molecular formula is C11H11NO2. The van der Waals surface area contributed by atoms with E-state index in [4.69, 9.17) is 0 Å². The monoisotopic (exact) mass is 189 g/mol. The normalized spacial score (nSPS) is 8.71. The van der Waals surface area contributed by atoms with Crippen LogP contribution in [0, 0.1) is 18.8 Å². The molecule has 0 radical (unpaired) electrons. The topological polar surface area (TPSA) is 39.2 Å². The Morgan fingerprint density at radius 1 is 1.64 bits per heavy atom. The highest BCUT2D eigenvalue weighted by molar-refractivity contribution is 5.89. The number of hydrogen-bond acceptors (Lipinski definition) is 3. The average Bonchev–Trinajstić information content (AvgIpc) is 2.17. The van der Waals surface area contributed by atoms with Crippen LogP contribution in [0.2, 0.25) is 0 Å². The molecule has 1 aromatic heterocycles. The zero-order chi connectivity index (χ0) is 10.4. The number of aryl methyl sites for hydroxylation is 1. The molecule has 0 bridgehead atoms. The van der Waals surface area contributed by atoms with E-state index in [-0.39, 0.29) is 0 Å². The van der Waals surface area contributed by atoms with Gasteiger partial charge in [-0.15, -0.1) is 0 Å². The van der Waals surface area contributed by atoms with E-state index >= 15 is 0 Å². The number of carbonyl (C=O) groups is 1. The Bertz CT molecular complexity index is 388. The molecule has 3 nitrogen and oxygen atoms in total. The summed E-state index contributed by atoms with van der Waals surface area (Å²) in [5, 5.41) is 0. The van der Waals surface area contributed by atoms with Crippen molar-refractivity contribution in [2.24, 2.45) is 0 Å². The van der Waals surface area contributed by atoms with E-state index in [1.807, 2.05) is 13.0 Å². The van der Waals surface area contributed by atoms with Crippen LogP contribution in [0.3, 0.4) is 0 Å². The van der Waals surface area contributed by atoms with E-state index in [9.17, 15) is 4.79 Å². The van der Waals surface area contributed by atoms with Gasteiger partial charge in [0, 0.05) is 23.9 Å². The number of pyridine rings is 1. The molecule has 0 unspecified atom stereocenters. The Labute approximate surface area is 83.1 Å². The number of ether oxygens (including phenoxy) is 1. The van der Waals surface area contributed by atoms with Crippen LogP contribution in [0.15, 0.2) is 18.5 Å². The summed E-state index contributed by atoms with van der Waals surface area (Å²) < 4.78 is 4.67. The molecule has 1 rings (SSSR count). The number of nitrogens with zero attached hydrogens (tertiary/aromatic N) is 1. The molecule has 0 aromatic carbocycles. The third kappa shape index (κ3) is 2.91. The van der Waals surface area contributed by atoms with Gasteiger partial charge >= 0.3 is 5.97 Å². The SMILES string of the molecule is CCOC(=O)C#Cc1cnccc1C. The summed E-state index contributed by atoms with van der Waals surface area (Å²) in [6.45, 7) is 4.01. The van der Waals surface area contributed by atoms with Crippen LogP contribution in [-0.2, 0) is 9.53 Å². The predicted octanol–water partition coefficient (Wildman–Crippen LogP) is 1.30. The third-order valence-electron chi connectivity index (χ3n) is 1.61. The highest BCUT2D eigenvalue weighted by atomic mass is 16.5. The first-order valence-corrected chi connectivity index (χ1v) is 4.33. The standard InChI is InChI=1S/C11H11NO2/c1-3-14-11(13)5-4-10-8-12-7-6-9(10)2/h6-8H,3H2,1-2H3. The van der Waals surface area contributed by atoms with E-state index in [0.717, 1.165) is 11.1 Å². The number of esters is 1. The summed E-state index contributed by atoms with van der Waals surface area (Å²) >= 11 is 0. The second-order valence-electron chi connectivity index (χ2n) is 2.66. The van der Waals surface area contributed by atoms with Gasteiger partial charge in [-0.3, -0.25) is 4.98 Å². The van der Waals surface area contributed by atoms with Gasteiger partial charge in [0.2, 0.25) is 0 Å². The van der Waals surface area contributed by atoms with Gasteiger partial charge < -0.3 is 4.74 Å². The first-order chi connectivity index (χ1) is 6.74. The second kappa shape index (κ2) is 5.03. The maximum absolute atomic E-state index is 10.9. The van der Waals surface area contributed by atoms with E-state index in [0.29, 0.717) is 6.61 Å². The lowest BCUT2D eigenvalue weighted by Gasteiger charge is -1.94. The predicted molar refractivity (Wildman–Crippen MR) is 52.5 cm³/mol. The first-order valence-electron chi connectivity index (χ1n) is 4.33. The van der Waals surface area contributed by atoms with Gasteiger partial charge in [-0.1, -0.05) is 5.92 Å². The molecule has 0 atom stereocenters. The molecule has 1 heterocycles. The van der Waals surface area contributed by atoms with Crippen molar-refractivity contribution in [1.82, 2.24) is 4.98 Å². The lowest BCUT2D eigenvalue weighted by molar-refractivity contribution is -0.136. The summed E-state index contributed by atoms with van der Waals surface area (Å²) in [5.74, 6) is 4.60. The van der Waals surface area contributed by atoms with Gasteiger partial charge in [0.25, 0.3) is 0 Å². The van der Waals surface area contributed by atoms with Crippen LogP contribution in [0.5, 0.6) is 0 Å². The fraction of sp³-hybridized carbons (Fsp3) is 0.273. The van der Waals surface area contributed by atoms with Gasteiger partial charge in [-0.25, -0.2) is 4.79 Å². The molecule has 0 saturated heterocycles. The summed E-state index contributed by atoms with van der Waals surface area (Å²) in [6, 6.07) is 1.84. The van der Waals surface area contributed by atoms with E-state index in [2.05, 4.69) is 21.6 Å². The Morgan fingerprint density at radius 2 is 2.43 bits per heavy atom. The molecule has 0 N–H and O–H groups in total. The Hall–Kier alpha value is -1.82. The van der Waals surface area contributed by atoms with Gasteiger partial charge in [-0.05, 0) is 25.5 Å². The van der Waals surface area contributed by atoms with E-state index in [1.165, 1.54) is 0 Å². The van der Waals surface area contributed by atoms with Crippen molar-refractivity contribution in [2.75, 3.05) is 6.61 Å². The maximum atomic E-state index is 10.9. The molecule has 1 aromatic rings. The van der Waals surface area contributed by atoms with Crippen LogP contribution < -0.4 is 0 Å². The van der Waals surface area contributed by atoms with Gasteiger partial charge in [0.05, 0.1) is 6.61 Å². The summed E-state index contributed by atoms with van der Waals surface area (Å²) in [4.78, 5) is 14.8. The van der Waals surface area contributed by atoms with E-state index in [1.54, 1.807) is 19.3 Å². The lowest BCUT2D eigenvalue weighted by Crippen LogP contribution is -1.99. The zero-order valence-electron chi connectivity index (χ0n) is 8.20. The molecule has 0 saturated carbocycles. The minimum Gasteiger partial charge on any atom is -0.456 e. The lowest BCUT2D eigenvalue weighted by atomic mass is 10.2. The minimum atomic E-state index is -0.504. The highest BCUT2D eigenvalue weighted by Gasteiger charge is 1.95. The number of carbonyl (C=O) groups excluding carboxylic acids is 1.